The van der Waals surface area contributed by atoms with Crippen molar-refractivity contribution in [2.24, 2.45) is 10.9 Å². The molecule has 104 valence electrons. The number of oxime groups is 1. The zero-order valence-electron chi connectivity index (χ0n) is 11.4. The van der Waals surface area contributed by atoms with Gasteiger partial charge in [0.15, 0.2) is 5.84 Å². The number of likely N-dealkylation sites (N-methyl/N-ethyl adjacent to an activating group) is 1. The van der Waals surface area contributed by atoms with Crippen LogP contribution in [0.4, 0.5) is 0 Å². The quantitative estimate of drug-likeness (QED) is 0.352. The molecule has 0 saturated heterocycles. The number of rotatable bonds is 5. The minimum absolute atomic E-state index is 0.0436. The second kappa shape index (κ2) is 5.88. The van der Waals surface area contributed by atoms with Crippen molar-refractivity contribution in [3.05, 3.63) is 22.9 Å². The first kappa shape index (κ1) is 13.6. The molecule has 0 spiro atoms. The molecule has 0 fully saturated rings. The van der Waals surface area contributed by atoms with Gasteiger partial charge in [-0.2, -0.15) is 0 Å². The topological polar surface area (TPSA) is 84.0 Å². The zero-order valence-corrected chi connectivity index (χ0v) is 11.4. The van der Waals surface area contributed by atoms with Gasteiger partial charge in [-0.05, 0) is 45.0 Å². The first-order valence-electron chi connectivity index (χ1n) is 6.40. The van der Waals surface area contributed by atoms with Crippen molar-refractivity contribution >= 4 is 5.84 Å². The molecule has 0 saturated carbocycles. The molecule has 0 atom stereocenters. The first-order valence-corrected chi connectivity index (χ1v) is 6.40. The summed E-state index contributed by atoms with van der Waals surface area (Å²) in [4.78, 5) is 6.53. The van der Waals surface area contributed by atoms with Crippen LogP contribution in [0.15, 0.2) is 11.2 Å². The van der Waals surface area contributed by atoms with Crippen LogP contribution >= 0.6 is 0 Å². The fourth-order valence-electron chi connectivity index (χ4n) is 2.13. The number of pyridine rings is 1. The highest BCUT2D eigenvalue weighted by atomic mass is 16.5. The molecule has 6 heteroatoms. The van der Waals surface area contributed by atoms with Gasteiger partial charge in [0.25, 0.3) is 0 Å². The van der Waals surface area contributed by atoms with Crippen LogP contribution in [0.3, 0.4) is 0 Å². The number of amidine groups is 1. The summed E-state index contributed by atoms with van der Waals surface area (Å²) in [5, 5.41) is 11.9. The molecule has 0 amide bonds. The van der Waals surface area contributed by atoms with Crippen LogP contribution in [0, 0.1) is 0 Å². The van der Waals surface area contributed by atoms with Crippen LogP contribution in [-0.2, 0) is 12.8 Å². The molecule has 1 aliphatic rings. The van der Waals surface area contributed by atoms with Crippen molar-refractivity contribution in [1.82, 2.24) is 9.88 Å². The number of aromatic nitrogens is 1. The summed E-state index contributed by atoms with van der Waals surface area (Å²) in [6.07, 6.45) is 3.06. The Bertz CT molecular complexity index is 486. The lowest BCUT2D eigenvalue weighted by Gasteiger charge is -2.14. The van der Waals surface area contributed by atoms with E-state index in [0.717, 1.165) is 31.5 Å². The van der Waals surface area contributed by atoms with E-state index < -0.39 is 0 Å². The number of nitrogens with two attached hydrogens (primary N) is 1. The highest BCUT2D eigenvalue weighted by Crippen LogP contribution is 2.26. The highest BCUT2D eigenvalue weighted by molar-refractivity contribution is 5.99. The summed E-state index contributed by atoms with van der Waals surface area (Å²) in [6.45, 7) is 1.30. The van der Waals surface area contributed by atoms with E-state index in [9.17, 15) is 0 Å². The maximum atomic E-state index is 8.85. The Morgan fingerprint density at radius 2 is 2.32 bits per heavy atom. The summed E-state index contributed by atoms with van der Waals surface area (Å²) in [5.74, 6) is 0.500. The third kappa shape index (κ3) is 3.14. The number of nitrogens with zero attached hydrogens (tertiary/aromatic N) is 3. The smallest absolute Gasteiger partial charge is 0.224 e. The number of aryl methyl sites for hydroxylation is 2. The van der Waals surface area contributed by atoms with Gasteiger partial charge in [-0.3, -0.25) is 0 Å². The number of ether oxygens (including phenoxy) is 1. The van der Waals surface area contributed by atoms with Gasteiger partial charge in [-0.1, -0.05) is 5.16 Å². The molecule has 1 aliphatic carbocycles. The largest absolute Gasteiger partial charge is 0.476 e. The van der Waals surface area contributed by atoms with Crippen LogP contribution in [0.25, 0.3) is 0 Å². The van der Waals surface area contributed by atoms with Crippen LogP contribution in [0.5, 0.6) is 5.88 Å². The van der Waals surface area contributed by atoms with E-state index in [1.54, 1.807) is 0 Å². The van der Waals surface area contributed by atoms with Crippen molar-refractivity contribution in [1.29, 1.82) is 0 Å². The average molecular weight is 264 g/mol. The van der Waals surface area contributed by atoms with E-state index in [1.807, 2.05) is 25.1 Å². The van der Waals surface area contributed by atoms with Crippen molar-refractivity contribution < 1.29 is 9.94 Å². The predicted octanol–water partition coefficient (Wildman–Crippen LogP) is 0.605. The normalized spacial score (nSPS) is 14.8. The summed E-state index contributed by atoms with van der Waals surface area (Å²) >= 11 is 0. The third-order valence-electron chi connectivity index (χ3n) is 3.18. The van der Waals surface area contributed by atoms with Gasteiger partial charge in [0.1, 0.15) is 6.61 Å². The molecular formula is C13H20N4O2. The molecule has 0 bridgehead atoms. The van der Waals surface area contributed by atoms with E-state index in [4.69, 9.17) is 15.7 Å². The second-order valence-corrected chi connectivity index (χ2v) is 4.94. The van der Waals surface area contributed by atoms with Crippen molar-refractivity contribution in [3.8, 4) is 5.88 Å². The van der Waals surface area contributed by atoms with Crippen LogP contribution in [0.1, 0.15) is 23.2 Å². The lowest BCUT2D eigenvalue weighted by molar-refractivity contribution is 0.252. The van der Waals surface area contributed by atoms with Gasteiger partial charge in [0.05, 0.1) is 5.56 Å². The summed E-state index contributed by atoms with van der Waals surface area (Å²) < 4.78 is 5.67. The Morgan fingerprint density at radius 1 is 1.53 bits per heavy atom. The average Bonchev–Trinajstić information content (AvgIpc) is 2.83. The fourth-order valence-corrected chi connectivity index (χ4v) is 2.13. The standard InChI is InChI=1S/C13H20N4O2/c1-17(2)6-7-19-13-10(12(14)16-18)8-9-4-3-5-11(9)15-13/h8,18H,3-7H2,1-2H3,(H2,14,16). The lowest BCUT2D eigenvalue weighted by atomic mass is 10.1. The van der Waals surface area contributed by atoms with Gasteiger partial charge in [-0.15, -0.1) is 0 Å². The van der Waals surface area contributed by atoms with E-state index >= 15 is 0 Å². The van der Waals surface area contributed by atoms with E-state index in [0.29, 0.717) is 18.1 Å². The molecule has 3 N–H and O–H groups in total. The summed E-state index contributed by atoms with van der Waals surface area (Å²) in [5.41, 5.74) is 8.49. The molecule has 6 nitrogen and oxygen atoms in total. The summed E-state index contributed by atoms with van der Waals surface area (Å²) in [6, 6.07) is 1.93. The molecule has 1 aromatic heterocycles. The molecule has 0 radical (unpaired) electrons. The third-order valence-corrected chi connectivity index (χ3v) is 3.18. The molecule has 2 rings (SSSR count). The number of fused-ring (bicyclic) bond motifs is 1. The monoisotopic (exact) mass is 264 g/mol. The zero-order chi connectivity index (χ0) is 13.8. The molecule has 0 unspecified atom stereocenters. The molecule has 0 aliphatic heterocycles. The van der Waals surface area contributed by atoms with Gasteiger partial charge in [-0.25, -0.2) is 4.98 Å². The number of hydrogen-bond acceptors (Lipinski definition) is 5. The van der Waals surface area contributed by atoms with Gasteiger partial charge < -0.3 is 20.6 Å². The molecule has 19 heavy (non-hydrogen) atoms. The Balaban J connectivity index is 2.24. The highest BCUT2D eigenvalue weighted by Gasteiger charge is 2.19. The maximum absolute atomic E-state index is 8.85. The Labute approximate surface area is 112 Å². The van der Waals surface area contributed by atoms with Gasteiger partial charge in [0.2, 0.25) is 5.88 Å². The Kier molecular flexibility index (Phi) is 4.21. The SMILES string of the molecule is CN(C)CCOc1nc2c(cc1C(N)=NO)CCC2. The van der Waals surface area contributed by atoms with Crippen LogP contribution in [0.2, 0.25) is 0 Å². The Morgan fingerprint density at radius 3 is 3.00 bits per heavy atom. The second-order valence-electron chi connectivity index (χ2n) is 4.94. The number of hydrogen-bond donors (Lipinski definition) is 2. The van der Waals surface area contributed by atoms with Crippen LogP contribution < -0.4 is 10.5 Å². The van der Waals surface area contributed by atoms with Crippen LogP contribution in [-0.4, -0.2) is 48.2 Å². The van der Waals surface area contributed by atoms with Crippen molar-refractivity contribution in [3.63, 3.8) is 0 Å². The van der Waals surface area contributed by atoms with E-state index in [2.05, 4.69) is 10.1 Å². The fraction of sp³-hybridized carbons (Fsp3) is 0.538. The molecule has 1 heterocycles. The molecular weight excluding hydrogens is 244 g/mol. The predicted molar refractivity (Wildman–Crippen MR) is 72.8 cm³/mol. The maximum Gasteiger partial charge on any atom is 0.224 e. The van der Waals surface area contributed by atoms with Gasteiger partial charge >= 0.3 is 0 Å². The van der Waals surface area contributed by atoms with Gasteiger partial charge in [0, 0.05) is 12.2 Å². The van der Waals surface area contributed by atoms with E-state index in [1.165, 1.54) is 5.56 Å². The van der Waals surface area contributed by atoms with Crippen molar-refractivity contribution in [2.75, 3.05) is 27.2 Å². The minimum Gasteiger partial charge on any atom is -0.476 e. The summed E-state index contributed by atoms with van der Waals surface area (Å²) in [7, 11) is 3.95. The van der Waals surface area contributed by atoms with E-state index in [-0.39, 0.29) is 5.84 Å². The minimum atomic E-state index is 0.0436. The first-order chi connectivity index (χ1) is 9.11. The molecule has 1 aromatic rings. The molecule has 0 aromatic carbocycles. The lowest BCUT2D eigenvalue weighted by Crippen LogP contribution is -2.22. The van der Waals surface area contributed by atoms with Crippen molar-refractivity contribution in [2.45, 2.75) is 19.3 Å². The Hall–Kier alpha value is -1.82.